The van der Waals surface area contributed by atoms with E-state index >= 15 is 0 Å². The minimum Gasteiger partial charge on any atom is -0.271 e. The lowest BCUT2D eigenvalue weighted by Gasteiger charge is -2.18. The van der Waals surface area contributed by atoms with Gasteiger partial charge in [-0.15, -0.1) is 0 Å². The molecule has 1 aromatic heterocycles. The van der Waals surface area contributed by atoms with E-state index in [1.54, 1.807) is 0 Å². The van der Waals surface area contributed by atoms with Gasteiger partial charge in [0.25, 0.3) is 0 Å². The third-order valence-electron chi connectivity index (χ3n) is 3.92. The highest BCUT2D eigenvalue weighted by Crippen LogP contribution is 2.28. The van der Waals surface area contributed by atoms with Crippen molar-refractivity contribution in [2.45, 2.75) is 45.7 Å². The maximum atomic E-state index is 5.76. The van der Waals surface area contributed by atoms with Crippen LogP contribution in [0.2, 0.25) is 0 Å². The highest BCUT2D eigenvalue weighted by molar-refractivity contribution is 9.10. The highest BCUT2D eigenvalue weighted by Gasteiger charge is 2.16. The highest BCUT2D eigenvalue weighted by atomic mass is 79.9. The second-order valence-electron chi connectivity index (χ2n) is 5.45. The molecule has 0 aliphatic heterocycles. The summed E-state index contributed by atoms with van der Waals surface area (Å²) in [4.78, 5) is 0. The minimum atomic E-state index is 0.0413. The number of aromatic nitrogens is 2. The Morgan fingerprint density at radius 3 is 2.81 bits per heavy atom. The molecule has 0 saturated carbocycles. The summed E-state index contributed by atoms with van der Waals surface area (Å²) < 4.78 is 3.13. The van der Waals surface area contributed by atoms with E-state index in [9.17, 15) is 0 Å². The molecular formula is C16H23BrN4. The number of nitrogens with two attached hydrogens (primary N) is 1. The van der Waals surface area contributed by atoms with Gasteiger partial charge in [-0.3, -0.25) is 16.0 Å². The average Bonchev–Trinajstić information content (AvgIpc) is 2.95. The van der Waals surface area contributed by atoms with Crippen molar-refractivity contribution in [1.29, 1.82) is 0 Å². The molecular weight excluding hydrogens is 328 g/mol. The molecule has 1 aromatic carbocycles. The van der Waals surface area contributed by atoms with Gasteiger partial charge in [-0.25, -0.2) is 0 Å². The van der Waals surface area contributed by atoms with Gasteiger partial charge in [-0.2, -0.15) is 5.10 Å². The van der Waals surface area contributed by atoms with Crippen molar-refractivity contribution < 1.29 is 0 Å². The molecule has 3 N–H and O–H groups in total. The molecule has 1 heterocycles. The third-order valence-corrected chi connectivity index (χ3v) is 5.00. The molecule has 0 bridgehead atoms. The molecule has 4 nitrogen and oxygen atoms in total. The van der Waals surface area contributed by atoms with Gasteiger partial charge in [0.15, 0.2) is 0 Å². The zero-order valence-corrected chi connectivity index (χ0v) is 14.4. The Hall–Kier alpha value is -1.17. The molecule has 5 heteroatoms. The van der Waals surface area contributed by atoms with E-state index in [1.807, 2.05) is 10.9 Å². The van der Waals surface area contributed by atoms with E-state index in [-0.39, 0.29) is 6.04 Å². The van der Waals surface area contributed by atoms with E-state index in [4.69, 9.17) is 5.84 Å². The van der Waals surface area contributed by atoms with Crippen LogP contribution in [-0.2, 0) is 6.42 Å². The summed E-state index contributed by atoms with van der Waals surface area (Å²) >= 11 is 3.65. The SMILES string of the molecule is CCC(C)n1ccc(CC(NN)c2cccc(C)c2Br)n1. The van der Waals surface area contributed by atoms with Gasteiger partial charge in [0.2, 0.25) is 0 Å². The predicted octanol–water partition coefficient (Wildman–Crippen LogP) is 3.67. The fraction of sp³-hybridized carbons (Fsp3) is 0.438. The van der Waals surface area contributed by atoms with Crippen LogP contribution in [0.25, 0.3) is 0 Å². The third kappa shape index (κ3) is 3.73. The normalized spacial score (nSPS) is 14.1. The quantitative estimate of drug-likeness (QED) is 0.617. The van der Waals surface area contributed by atoms with E-state index in [0.29, 0.717) is 6.04 Å². The standard InChI is InChI=1S/C16H23BrN4/c1-4-12(3)21-9-8-13(20-21)10-15(19-18)14-7-5-6-11(2)16(14)17/h5-9,12,15,19H,4,10,18H2,1-3H3. The second kappa shape index (κ2) is 7.20. The summed E-state index contributed by atoms with van der Waals surface area (Å²) in [6.45, 7) is 6.42. The van der Waals surface area contributed by atoms with Crippen molar-refractivity contribution >= 4 is 15.9 Å². The topological polar surface area (TPSA) is 55.9 Å². The van der Waals surface area contributed by atoms with Crippen molar-refractivity contribution in [3.8, 4) is 0 Å². The first kappa shape index (κ1) is 16.2. The second-order valence-corrected chi connectivity index (χ2v) is 6.24. The summed E-state index contributed by atoms with van der Waals surface area (Å²) in [6.07, 6.45) is 3.88. The Morgan fingerprint density at radius 2 is 2.14 bits per heavy atom. The number of nitrogens with zero attached hydrogens (tertiary/aromatic N) is 2. The summed E-state index contributed by atoms with van der Waals surface area (Å²) in [5.41, 5.74) is 6.32. The number of benzene rings is 1. The zero-order chi connectivity index (χ0) is 15.4. The lowest BCUT2D eigenvalue weighted by molar-refractivity contribution is 0.467. The zero-order valence-electron chi connectivity index (χ0n) is 12.8. The van der Waals surface area contributed by atoms with E-state index < -0.39 is 0 Å². The van der Waals surface area contributed by atoms with Crippen molar-refractivity contribution in [3.05, 3.63) is 51.8 Å². The van der Waals surface area contributed by atoms with Crippen molar-refractivity contribution in [1.82, 2.24) is 15.2 Å². The molecule has 0 saturated heterocycles. The van der Waals surface area contributed by atoms with Crippen LogP contribution in [0.1, 0.15) is 49.2 Å². The molecule has 2 aromatic rings. The van der Waals surface area contributed by atoms with E-state index in [2.05, 4.69) is 71.5 Å². The number of hydrogen-bond acceptors (Lipinski definition) is 3. The lowest BCUT2D eigenvalue weighted by atomic mass is 10.0. The number of hydrogen-bond donors (Lipinski definition) is 2. The van der Waals surface area contributed by atoms with Gasteiger partial charge in [0.1, 0.15) is 0 Å². The maximum Gasteiger partial charge on any atom is 0.0644 e. The maximum absolute atomic E-state index is 5.76. The van der Waals surface area contributed by atoms with Gasteiger partial charge >= 0.3 is 0 Å². The fourth-order valence-corrected chi connectivity index (χ4v) is 2.87. The summed E-state index contributed by atoms with van der Waals surface area (Å²) in [5, 5.41) is 4.65. The lowest BCUT2D eigenvalue weighted by Crippen LogP contribution is -2.30. The Bertz CT molecular complexity index is 594. The van der Waals surface area contributed by atoms with E-state index in [1.165, 1.54) is 5.56 Å². The van der Waals surface area contributed by atoms with Crippen LogP contribution < -0.4 is 11.3 Å². The van der Waals surface area contributed by atoms with Crippen molar-refractivity contribution in [3.63, 3.8) is 0 Å². The largest absolute Gasteiger partial charge is 0.271 e. The minimum absolute atomic E-state index is 0.0413. The Morgan fingerprint density at radius 1 is 1.38 bits per heavy atom. The molecule has 114 valence electrons. The van der Waals surface area contributed by atoms with Gasteiger partial charge in [-0.05, 0) is 37.5 Å². The molecule has 2 atom stereocenters. The Kier molecular flexibility index (Phi) is 5.56. The van der Waals surface area contributed by atoms with Crippen LogP contribution in [0.4, 0.5) is 0 Å². The van der Waals surface area contributed by atoms with Crippen LogP contribution >= 0.6 is 15.9 Å². The molecule has 0 aliphatic carbocycles. The van der Waals surface area contributed by atoms with Gasteiger partial charge in [0.05, 0.1) is 11.7 Å². The number of hydrazine groups is 1. The fourth-order valence-electron chi connectivity index (χ4n) is 2.33. The molecule has 2 rings (SSSR count). The van der Waals surface area contributed by atoms with Crippen LogP contribution in [0.3, 0.4) is 0 Å². The first-order chi connectivity index (χ1) is 10.1. The first-order valence-corrected chi connectivity index (χ1v) is 8.11. The monoisotopic (exact) mass is 350 g/mol. The average molecular weight is 351 g/mol. The molecule has 0 amide bonds. The number of nitrogens with one attached hydrogen (secondary N) is 1. The van der Waals surface area contributed by atoms with Crippen molar-refractivity contribution in [2.75, 3.05) is 0 Å². The number of aryl methyl sites for hydroxylation is 1. The van der Waals surface area contributed by atoms with Gasteiger partial charge in [-0.1, -0.05) is 41.1 Å². The van der Waals surface area contributed by atoms with Crippen molar-refractivity contribution in [2.24, 2.45) is 5.84 Å². The first-order valence-electron chi connectivity index (χ1n) is 7.32. The number of rotatable bonds is 6. The molecule has 2 unspecified atom stereocenters. The van der Waals surface area contributed by atoms with Crippen LogP contribution in [0, 0.1) is 6.92 Å². The summed E-state index contributed by atoms with van der Waals surface area (Å²) in [7, 11) is 0. The number of halogens is 1. The van der Waals surface area contributed by atoms with Gasteiger partial charge in [0, 0.05) is 23.1 Å². The molecule has 0 fully saturated rings. The summed E-state index contributed by atoms with van der Waals surface area (Å²) in [5.74, 6) is 5.76. The molecule has 0 spiro atoms. The molecule has 21 heavy (non-hydrogen) atoms. The van der Waals surface area contributed by atoms with Crippen LogP contribution in [0.15, 0.2) is 34.9 Å². The van der Waals surface area contributed by atoms with Crippen LogP contribution in [0.5, 0.6) is 0 Å². The summed E-state index contributed by atoms with van der Waals surface area (Å²) in [6, 6.07) is 8.76. The molecule has 0 aliphatic rings. The predicted molar refractivity (Wildman–Crippen MR) is 89.9 cm³/mol. The van der Waals surface area contributed by atoms with Crippen LogP contribution in [-0.4, -0.2) is 9.78 Å². The van der Waals surface area contributed by atoms with E-state index in [0.717, 1.165) is 28.6 Å². The Balaban J connectivity index is 2.19. The Labute approximate surface area is 134 Å². The molecule has 0 radical (unpaired) electrons. The van der Waals surface area contributed by atoms with Gasteiger partial charge < -0.3 is 0 Å². The smallest absolute Gasteiger partial charge is 0.0644 e.